The molecule has 0 aromatic carbocycles. The second kappa shape index (κ2) is 6.10. The number of amides is 1. The Morgan fingerprint density at radius 1 is 1.42 bits per heavy atom. The van der Waals surface area contributed by atoms with E-state index in [0.29, 0.717) is 41.3 Å². The Bertz CT molecular complexity index is 893. The van der Waals surface area contributed by atoms with E-state index in [-0.39, 0.29) is 16.4 Å². The van der Waals surface area contributed by atoms with E-state index in [1.807, 2.05) is 11.8 Å². The fraction of sp³-hybridized carbons (Fsp3) is 0.429. The molecule has 1 saturated heterocycles. The molecule has 8 nitrogen and oxygen atoms in total. The van der Waals surface area contributed by atoms with Crippen LogP contribution in [0.25, 0.3) is 10.2 Å². The number of pyridine rings is 1. The number of anilines is 2. The van der Waals surface area contributed by atoms with Crippen LogP contribution in [-0.4, -0.2) is 45.5 Å². The van der Waals surface area contributed by atoms with Crippen molar-refractivity contribution in [3.8, 4) is 5.75 Å². The van der Waals surface area contributed by atoms with Crippen LogP contribution in [0.5, 0.6) is 5.75 Å². The summed E-state index contributed by atoms with van der Waals surface area (Å²) in [5.74, 6) is 0.924. The number of rotatable bonds is 4. The summed E-state index contributed by atoms with van der Waals surface area (Å²) in [6.45, 7) is 3.10. The van der Waals surface area contributed by atoms with Gasteiger partial charge in [-0.3, -0.25) is 9.69 Å². The minimum atomic E-state index is -2.97. The molecule has 24 heavy (non-hydrogen) atoms. The summed E-state index contributed by atoms with van der Waals surface area (Å²) in [4.78, 5) is 17.7. The molecular formula is C14H19N4O4S2+. The zero-order valence-electron chi connectivity index (χ0n) is 13.2. The molecule has 1 aliphatic rings. The molecule has 0 radical (unpaired) electrons. The molecule has 1 aliphatic heterocycles. The number of carbonyl (C=O) groups excluding carboxylic acids is 1. The number of nitrogens with one attached hydrogen (secondary N) is 1. The number of nitrogens with two attached hydrogens (primary N) is 2. The molecule has 3 heterocycles. The number of sulfone groups is 1. The van der Waals surface area contributed by atoms with Crippen LogP contribution >= 0.6 is 11.3 Å². The molecule has 1 fully saturated rings. The lowest BCUT2D eigenvalue weighted by Gasteiger charge is -2.21. The second-order valence-corrected chi connectivity index (χ2v) is 8.83. The molecule has 0 spiro atoms. The summed E-state index contributed by atoms with van der Waals surface area (Å²) in [6.07, 6.45) is 0. The van der Waals surface area contributed by atoms with Crippen molar-refractivity contribution in [2.45, 2.75) is 6.92 Å². The highest BCUT2D eigenvalue weighted by molar-refractivity contribution is 7.91. The number of primary amides is 1. The first kappa shape index (κ1) is 16.8. The van der Waals surface area contributed by atoms with Gasteiger partial charge in [0.1, 0.15) is 10.6 Å². The SMILES string of the molecule is CCOc1cc(N2CCS(=O)(=O)CC2)[nH+]c2sc(C(N)=O)c(N)c12. The van der Waals surface area contributed by atoms with Gasteiger partial charge in [-0.2, -0.15) is 0 Å². The number of aromatic nitrogens is 1. The number of thiophene rings is 1. The highest BCUT2D eigenvalue weighted by atomic mass is 32.2. The first-order valence-electron chi connectivity index (χ1n) is 7.48. The van der Waals surface area contributed by atoms with Crippen LogP contribution in [0.1, 0.15) is 16.6 Å². The molecule has 130 valence electrons. The second-order valence-electron chi connectivity index (χ2n) is 5.50. The predicted molar refractivity (Wildman–Crippen MR) is 93.3 cm³/mol. The van der Waals surface area contributed by atoms with Gasteiger partial charge in [0, 0.05) is 0 Å². The summed E-state index contributed by atoms with van der Waals surface area (Å²) in [7, 11) is -2.97. The molecule has 0 atom stereocenters. The van der Waals surface area contributed by atoms with E-state index >= 15 is 0 Å². The number of fused-ring (bicyclic) bond motifs is 1. The molecule has 5 N–H and O–H groups in total. The predicted octanol–water partition coefficient (Wildman–Crippen LogP) is 0.0300. The van der Waals surface area contributed by atoms with Gasteiger partial charge >= 0.3 is 0 Å². The van der Waals surface area contributed by atoms with E-state index in [4.69, 9.17) is 16.2 Å². The van der Waals surface area contributed by atoms with Gasteiger partial charge in [0.25, 0.3) is 11.7 Å². The summed E-state index contributed by atoms with van der Waals surface area (Å²) < 4.78 is 28.9. The Morgan fingerprint density at radius 2 is 2.08 bits per heavy atom. The minimum Gasteiger partial charge on any atom is -0.493 e. The van der Waals surface area contributed by atoms with Crippen LogP contribution in [0, 0.1) is 0 Å². The third-order valence-electron chi connectivity index (χ3n) is 3.91. The number of H-pyrrole nitrogens is 1. The standard InChI is InChI=1S/C14H18N4O4S2/c1-2-22-8-7-9(18-3-5-24(20,21)6-4-18)17-14-10(8)11(15)12(23-14)13(16)19/h7H,2-6,15H2,1H3,(H2,16,19)/p+1. The van der Waals surface area contributed by atoms with Gasteiger partial charge in [0.15, 0.2) is 14.7 Å². The molecule has 2 aromatic rings. The molecular weight excluding hydrogens is 352 g/mol. The average molecular weight is 371 g/mol. The van der Waals surface area contributed by atoms with Crippen LogP contribution in [0.3, 0.4) is 0 Å². The Hall–Kier alpha value is -2.07. The zero-order chi connectivity index (χ0) is 17.5. The van der Waals surface area contributed by atoms with Crippen LogP contribution in [0.4, 0.5) is 11.5 Å². The van der Waals surface area contributed by atoms with Crippen molar-refractivity contribution in [1.29, 1.82) is 0 Å². The van der Waals surface area contributed by atoms with E-state index in [9.17, 15) is 13.2 Å². The van der Waals surface area contributed by atoms with Crippen molar-refractivity contribution >= 4 is 48.8 Å². The van der Waals surface area contributed by atoms with Gasteiger partial charge in [-0.25, -0.2) is 13.4 Å². The smallest absolute Gasteiger partial charge is 0.279 e. The highest BCUT2D eigenvalue weighted by Crippen LogP contribution is 2.38. The fourth-order valence-corrected chi connectivity index (χ4v) is 4.89. The number of aromatic amines is 1. The topological polar surface area (TPSA) is 130 Å². The first-order valence-corrected chi connectivity index (χ1v) is 10.1. The lowest BCUT2D eigenvalue weighted by molar-refractivity contribution is -0.327. The van der Waals surface area contributed by atoms with E-state index in [1.165, 1.54) is 11.3 Å². The van der Waals surface area contributed by atoms with Crippen LogP contribution in [0.15, 0.2) is 6.07 Å². The van der Waals surface area contributed by atoms with Crippen molar-refractivity contribution in [1.82, 2.24) is 0 Å². The van der Waals surface area contributed by atoms with E-state index in [0.717, 1.165) is 5.82 Å². The maximum Gasteiger partial charge on any atom is 0.279 e. The van der Waals surface area contributed by atoms with Crippen LogP contribution < -0.4 is 26.1 Å². The summed E-state index contributed by atoms with van der Waals surface area (Å²) >= 11 is 1.17. The maximum absolute atomic E-state index is 11.6. The molecule has 10 heteroatoms. The number of nitrogen functional groups attached to an aromatic ring is 1. The van der Waals surface area contributed by atoms with Crippen LogP contribution in [-0.2, 0) is 9.84 Å². The fourth-order valence-electron chi connectivity index (χ4n) is 2.70. The van der Waals surface area contributed by atoms with Gasteiger partial charge in [0.05, 0.1) is 48.3 Å². The van der Waals surface area contributed by atoms with Gasteiger partial charge in [-0.15, -0.1) is 0 Å². The third kappa shape index (κ3) is 2.98. The average Bonchev–Trinajstić information content (AvgIpc) is 2.85. The first-order chi connectivity index (χ1) is 11.3. The number of nitrogens with zero attached hydrogens (tertiary/aromatic N) is 1. The van der Waals surface area contributed by atoms with Crippen molar-refractivity contribution in [3.05, 3.63) is 10.9 Å². The molecule has 3 rings (SSSR count). The lowest BCUT2D eigenvalue weighted by Crippen LogP contribution is -2.42. The summed E-state index contributed by atoms with van der Waals surface area (Å²) in [5, 5.41) is 0.629. The van der Waals surface area contributed by atoms with E-state index in [2.05, 4.69) is 4.98 Å². The molecule has 0 bridgehead atoms. The number of carbonyl (C=O) groups is 1. The number of ether oxygens (including phenoxy) is 1. The number of hydrogen-bond acceptors (Lipinski definition) is 7. The molecule has 0 aliphatic carbocycles. The van der Waals surface area contributed by atoms with Crippen molar-refractivity contribution in [3.63, 3.8) is 0 Å². The Kier molecular flexibility index (Phi) is 4.26. The molecule has 1 amide bonds. The van der Waals surface area contributed by atoms with Gasteiger partial charge in [0.2, 0.25) is 0 Å². The summed E-state index contributed by atoms with van der Waals surface area (Å²) in [6, 6.07) is 1.79. The van der Waals surface area contributed by atoms with E-state index < -0.39 is 15.7 Å². The van der Waals surface area contributed by atoms with Gasteiger partial charge in [-0.1, -0.05) is 11.3 Å². The Labute approximate surface area is 143 Å². The van der Waals surface area contributed by atoms with Gasteiger partial charge < -0.3 is 16.2 Å². The third-order valence-corrected chi connectivity index (χ3v) is 6.65. The lowest BCUT2D eigenvalue weighted by atomic mass is 10.2. The Morgan fingerprint density at radius 3 is 2.67 bits per heavy atom. The normalized spacial score (nSPS) is 17.1. The van der Waals surface area contributed by atoms with Gasteiger partial charge in [-0.05, 0) is 6.92 Å². The molecule has 0 unspecified atom stereocenters. The van der Waals surface area contributed by atoms with Crippen molar-refractivity contribution in [2.24, 2.45) is 5.73 Å². The quantitative estimate of drug-likeness (QED) is 0.780. The van der Waals surface area contributed by atoms with E-state index in [1.54, 1.807) is 6.07 Å². The largest absolute Gasteiger partial charge is 0.493 e. The van der Waals surface area contributed by atoms with Crippen molar-refractivity contribution in [2.75, 3.05) is 41.8 Å². The zero-order valence-corrected chi connectivity index (χ0v) is 14.8. The van der Waals surface area contributed by atoms with Crippen LogP contribution in [0.2, 0.25) is 0 Å². The highest BCUT2D eigenvalue weighted by Gasteiger charge is 2.30. The maximum atomic E-state index is 11.6. The molecule has 2 aromatic heterocycles. The minimum absolute atomic E-state index is 0.113. The Balaban J connectivity index is 2.09. The monoisotopic (exact) mass is 371 g/mol. The summed E-state index contributed by atoms with van der Waals surface area (Å²) in [5.41, 5.74) is 11.7. The molecule has 0 saturated carbocycles. The van der Waals surface area contributed by atoms with Crippen molar-refractivity contribution < 1.29 is 22.9 Å². The number of hydrogen-bond donors (Lipinski definition) is 2.